The fraction of sp³-hybridized carbons (Fsp3) is 0.462. The number of amides is 1. The topological polar surface area (TPSA) is 38.3 Å². The minimum absolute atomic E-state index is 0.120. The van der Waals surface area contributed by atoms with Crippen molar-refractivity contribution in [3.8, 4) is 0 Å². The number of ether oxygens (including phenoxy) is 1. The van der Waals surface area contributed by atoms with Gasteiger partial charge in [0.1, 0.15) is 5.69 Å². The lowest BCUT2D eigenvalue weighted by Gasteiger charge is -2.22. The van der Waals surface area contributed by atoms with Crippen molar-refractivity contribution in [2.75, 3.05) is 11.9 Å². The van der Waals surface area contributed by atoms with E-state index in [9.17, 15) is 13.6 Å². The van der Waals surface area contributed by atoms with Crippen molar-refractivity contribution >= 4 is 27.5 Å². The molecule has 6 heteroatoms. The molecule has 3 nitrogen and oxygen atoms in total. The van der Waals surface area contributed by atoms with E-state index in [1.165, 1.54) is 0 Å². The van der Waals surface area contributed by atoms with E-state index < -0.39 is 23.2 Å². The molecule has 2 rings (SSSR count). The summed E-state index contributed by atoms with van der Waals surface area (Å²) in [5.41, 5.74) is -0.413. The van der Waals surface area contributed by atoms with Gasteiger partial charge in [0.25, 0.3) is 0 Å². The molecule has 1 aliphatic heterocycles. The Hall–Kier alpha value is -1.01. The van der Waals surface area contributed by atoms with Gasteiger partial charge in [-0.15, -0.1) is 0 Å². The number of hydrogen-bond donors (Lipinski definition) is 1. The first-order valence-electron chi connectivity index (χ1n) is 6.12. The first kappa shape index (κ1) is 14.4. The predicted molar refractivity (Wildman–Crippen MR) is 70.9 cm³/mol. The molecular weight excluding hydrogens is 320 g/mol. The summed E-state index contributed by atoms with van der Waals surface area (Å²) in [6, 6.07) is 2.21. The van der Waals surface area contributed by atoms with Crippen LogP contribution in [0.5, 0.6) is 0 Å². The first-order valence-corrected chi connectivity index (χ1v) is 6.91. The Morgan fingerprint density at radius 2 is 2.05 bits per heavy atom. The summed E-state index contributed by atoms with van der Waals surface area (Å²) in [5, 5.41) is 2.26. The number of anilines is 1. The number of carbonyl (C=O) groups excluding carboxylic acids is 1. The molecule has 1 aliphatic rings. The van der Waals surface area contributed by atoms with E-state index in [0.717, 1.165) is 31.4 Å². The quantitative estimate of drug-likeness (QED) is 0.917. The highest BCUT2D eigenvalue weighted by Crippen LogP contribution is 2.24. The van der Waals surface area contributed by atoms with Crippen LogP contribution in [0.25, 0.3) is 0 Å². The number of halogens is 3. The summed E-state index contributed by atoms with van der Waals surface area (Å²) in [5.74, 6) is -2.04. The average molecular weight is 334 g/mol. The molecule has 1 saturated heterocycles. The molecule has 1 aromatic rings. The minimum atomic E-state index is -0.801. The van der Waals surface area contributed by atoms with Crippen molar-refractivity contribution in [1.29, 1.82) is 0 Å². The molecule has 0 bridgehead atoms. The van der Waals surface area contributed by atoms with E-state index in [2.05, 4.69) is 21.2 Å². The number of rotatable bonds is 3. The van der Waals surface area contributed by atoms with Crippen LogP contribution < -0.4 is 5.32 Å². The standard InChI is InChI=1S/C13H14BrF2NO2/c14-8-5-10(15)13(11(16)6-8)17-12(18)7-9-3-1-2-4-19-9/h5-6,9H,1-4,7H2,(H,17,18). The van der Waals surface area contributed by atoms with Crippen molar-refractivity contribution < 1.29 is 18.3 Å². The molecule has 1 aromatic carbocycles. The highest BCUT2D eigenvalue weighted by atomic mass is 79.9. The largest absolute Gasteiger partial charge is 0.378 e. The van der Waals surface area contributed by atoms with E-state index in [0.29, 0.717) is 6.61 Å². The van der Waals surface area contributed by atoms with Gasteiger partial charge in [0.05, 0.1) is 12.5 Å². The summed E-state index contributed by atoms with van der Waals surface area (Å²) in [7, 11) is 0. The lowest BCUT2D eigenvalue weighted by molar-refractivity contribution is -0.119. The highest BCUT2D eigenvalue weighted by molar-refractivity contribution is 9.10. The molecule has 1 heterocycles. The van der Waals surface area contributed by atoms with Crippen LogP contribution in [0, 0.1) is 11.6 Å². The van der Waals surface area contributed by atoms with E-state index in [1.807, 2.05) is 0 Å². The second-order valence-corrected chi connectivity index (χ2v) is 5.40. The van der Waals surface area contributed by atoms with Crippen molar-refractivity contribution in [3.05, 3.63) is 28.2 Å². The molecule has 0 saturated carbocycles. The summed E-state index contributed by atoms with van der Waals surface area (Å²) in [6.45, 7) is 0.638. The molecule has 1 N–H and O–H groups in total. The van der Waals surface area contributed by atoms with Gasteiger partial charge in [0, 0.05) is 11.1 Å². The predicted octanol–water partition coefficient (Wildman–Crippen LogP) is 3.63. The Balaban J connectivity index is 1.98. The zero-order valence-corrected chi connectivity index (χ0v) is 11.8. The number of hydrogen-bond acceptors (Lipinski definition) is 2. The first-order chi connectivity index (χ1) is 9.06. The van der Waals surface area contributed by atoms with Crippen LogP contribution in [0.15, 0.2) is 16.6 Å². The second-order valence-electron chi connectivity index (χ2n) is 4.49. The van der Waals surface area contributed by atoms with Gasteiger partial charge in [-0.05, 0) is 31.4 Å². The molecule has 0 aromatic heterocycles. The Morgan fingerprint density at radius 1 is 1.37 bits per heavy atom. The van der Waals surface area contributed by atoms with Gasteiger partial charge in [-0.3, -0.25) is 4.79 Å². The number of benzene rings is 1. The third-order valence-corrected chi connectivity index (χ3v) is 3.42. The smallest absolute Gasteiger partial charge is 0.227 e. The lowest BCUT2D eigenvalue weighted by atomic mass is 10.1. The van der Waals surface area contributed by atoms with E-state index in [4.69, 9.17) is 4.74 Å². The van der Waals surface area contributed by atoms with Gasteiger partial charge in [-0.1, -0.05) is 15.9 Å². The molecule has 0 aliphatic carbocycles. The van der Waals surface area contributed by atoms with Gasteiger partial charge in [0.2, 0.25) is 5.91 Å². The fourth-order valence-electron chi connectivity index (χ4n) is 2.03. The lowest BCUT2D eigenvalue weighted by Crippen LogP contribution is -2.26. The van der Waals surface area contributed by atoms with Crippen molar-refractivity contribution in [3.63, 3.8) is 0 Å². The van der Waals surface area contributed by atoms with Crippen LogP contribution in [-0.2, 0) is 9.53 Å². The van der Waals surface area contributed by atoms with Gasteiger partial charge in [-0.2, -0.15) is 0 Å². The van der Waals surface area contributed by atoms with Crippen molar-refractivity contribution in [2.24, 2.45) is 0 Å². The SMILES string of the molecule is O=C(CC1CCCCO1)Nc1c(F)cc(Br)cc1F. The van der Waals surface area contributed by atoms with E-state index in [-0.39, 0.29) is 17.0 Å². The van der Waals surface area contributed by atoms with E-state index in [1.54, 1.807) is 0 Å². The molecule has 1 unspecified atom stereocenters. The maximum atomic E-state index is 13.5. The maximum absolute atomic E-state index is 13.5. The normalized spacial score (nSPS) is 19.2. The number of carbonyl (C=O) groups is 1. The summed E-state index contributed by atoms with van der Waals surface area (Å²) in [6.07, 6.45) is 2.77. The zero-order valence-electron chi connectivity index (χ0n) is 10.2. The zero-order chi connectivity index (χ0) is 13.8. The van der Waals surface area contributed by atoms with Crippen LogP contribution in [-0.4, -0.2) is 18.6 Å². The Labute approximate surface area is 118 Å². The van der Waals surface area contributed by atoms with Crippen LogP contribution >= 0.6 is 15.9 Å². The maximum Gasteiger partial charge on any atom is 0.227 e. The Kier molecular flexibility index (Phi) is 4.87. The third kappa shape index (κ3) is 3.98. The van der Waals surface area contributed by atoms with Crippen molar-refractivity contribution in [1.82, 2.24) is 0 Å². The third-order valence-electron chi connectivity index (χ3n) is 2.96. The molecule has 1 amide bonds. The summed E-state index contributed by atoms with van der Waals surface area (Å²) in [4.78, 5) is 11.7. The molecule has 0 spiro atoms. The van der Waals surface area contributed by atoms with Crippen LogP contribution in [0.1, 0.15) is 25.7 Å². The highest BCUT2D eigenvalue weighted by Gasteiger charge is 2.19. The van der Waals surface area contributed by atoms with Crippen LogP contribution in [0.4, 0.5) is 14.5 Å². The minimum Gasteiger partial charge on any atom is -0.378 e. The van der Waals surface area contributed by atoms with Gasteiger partial charge >= 0.3 is 0 Å². The van der Waals surface area contributed by atoms with Gasteiger partial charge in [0.15, 0.2) is 11.6 Å². The van der Waals surface area contributed by atoms with Crippen LogP contribution in [0.3, 0.4) is 0 Å². The second kappa shape index (κ2) is 6.43. The van der Waals surface area contributed by atoms with Crippen molar-refractivity contribution in [2.45, 2.75) is 31.8 Å². The fourth-order valence-corrected chi connectivity index (χ4v) is 2.43. The number of nitrogens with one attached hydrogen (secondary N) is 1. The molecule has 1 atom stereocenters. The van der Waals surface area contributed by atoms with E-state index >= 15 is 0 Å². The molecular formula is C13H14BrF2NO2. The molecule has 19 heavy (non-hydrogen) atoms. The molecule has 0 radical (unpaired) electrons. The van der Waals surface area contributed by atoms with Crippen LogP contribution in [0.2, 0.25) is 0 Å². The molecule has 104 valence electrons. The van der Waals surface area contributed by atoms with Gasteiger partial charge < -0.3 is 10.1 Å². The monoisotopic (exact) mass is 333 g/mol. The average Bonchev–Trinajstić information content (AvgIpc) is 2.35. The Bertz CT molecular complexity index is 453. The molecule has 1 fully saturated rings. The summed E-state index contributed by atoms with van der Waals surface area (Å²) >= 11 is 2.98. The van der Waals surface area contributed by atoms with Gasteiger partial charge in [-0.25, -0.2) is 8.78 Å². The Morgan fingerprint density at radius 3 is 2.63 bits per heavy atom. The summed E-state index contributed by atoms with van der Waals surface area (Å²) < 4.78 is 32.8.